The minimum absolute atomic E-state index is 0.231. The minimum atomic E-state index is -0.753. The Hall–Kier alpha value is -2.97. The highest BCUT2D eigenvalue weighted by Crippen LogP contribution is 2.36. The van der Waals surface area contributed by atoms with Crippen LogP contribution in [0.4, 0.5) is 15.2 Å². The number of carbonyl (C=O) groups is 1. The second-order valence-electron chi connectivity index (χ2n) is 11.1. The van der Waals surface area contributed by atoms with Gasteiger partial charge in [0.2, 0.25) is 0 Å². The number of hydrogen-bond acceptors (Lipinski definition) is 6. The number of anilines is 2. The number of likely N-dealkylation sites (N-methyl/N-ethyl adjacent to an activating group) is 1. The average Bonchev–Trinajstić information content (AvgIpc) is 3.34. The number of carboxylic acid groups (broad SMARTS) is 1. The first-order valence-corrected chi connectivity index (χ1v) is 14.3. The molecule has 2 atom stereocenters. The molecule has 2 aliphatic heterocycles. The van der Waals surface area contributed by atoms with Gasteiger partial charge in [0.25, 0.3) is 0 Å². The van der Waals surface area contributed by atoms with Crippen LogP contribution in [0, 0.1) is 18.7 Å². The largest absolute Gasteiger partial charge is 0.480 e. The molecule has 0 saturated carbocycles. The lowest BCUT2D eigenvalue weighted by molar-refractivity contribution is -0.138. The van der Waals surface area contributed by atoms with E-state index in [1.165, 1.54) is 22.8 Å². The summed E-state index contributed by atoms with van der Waals surface area (Å²) in [5.74, 6) is -0.430. The fourth-order valence-corrected chi connectivity index (χ4v) is 7.04. The molecule has 0 radical (unpaired) electrons. The second kappa shape index (κ2) is 11.0. The minimum Gasteiger partial charge on any atom is -0.480 e. The van der Waals surface area contributed by atoms with E-state index in [2.05, 4.69) is 42.7 Å². The van der Waals surface area contributed by atoms with Crippen LogP contribution in [0.2, 0.25) is 0 Å². The van der Waals surface area contributed by atoms with Gasteiger partial charge < -0.3 is 14.9 Å². The lowest BCUT2D eigenvalue weighted by atomic mass is 9.91. The van der Waals surface area contributed by atoms with Crippen molar-refractivity contribution in [2.24, 2.45) is 5.92 Å². The maximum Gasteiger partial charge on any atom is 0.326 e. The van der Waals surface area contributed by atoms with E-state index in [1.54, 1.807) is 23.5 Å². The van der Waals surface area contributed by atoms with Gasteiger partial charge in [-0.05, 0) is 72.6 Å². The molecular formula is C30H37FN4O2S. The Kier molecular flexibility index (Phi) is 7.73. The van der Waals surface area contributed by atoms with E-state index in [4.69, 9.17) is 4.98 Å². The monoisotopic (exact) mass is 536 g/mol. The molecule has 1 saturated heterocycles. The van der Waals surface area contributed by atoms with Gasteiger partial charge >= 0.3 is 5.97 Å². The summed E-state index contributed by atoms with van der Waals surface area (Å²) in [6.07, 6.45) is 4.39. The van der Waals surface area contributed by atoms with E-state index in [1.807, 2.05) is 24.2 Å². The predicted molar refractivity (Wildman–Crippen MR) is 153 cm³/mol. The Morgan fingerprint density at radius 1 is 1.24 bits per heavy atom. The van der Waals surface area contributed by atoms with Crippen LogP contribution in [0.3, 0.4) is 0 Å². The molecule has 0 aliphatic carbocycles. The predicted octanol–water partition coefficient (Wildman–Crippen LogP) is 5.83. The summed E-state index contributed by atoms with van der Waals surface area (Å²) in [6.45, 7) is 10.3. The molecule has 8 heteroatoms. The fourth-order valence-electron chi connectivity index (χ4n) is 6.03. The SMILES string of the molecule is Cc1cc(CN2CCN(c3ncc(-c4cccc(F)c4)s3)[C@H](CC(C)C)C2)cc2c1CCC(C(=O)O)N2C. The highest BCUT2D eigenvalue weighted by molar-refractivity contribution is 7.18. The van der Waals surface area contributed by atoms with Crippen molar-refractivity contribution in [1.82, 2.24) is 9.88 Å². The number of thiazole rings is 1. The number of carboxylic acids is 1. The first kappa shape index (κ1) is 26.6. The van der Waals surface area contributed by atoms with Gasteiger partial charge in [0.05, 0.1) is 4.88 Å². The number of hydrogen-bond donors (Lipinski definition) is 1. The molecule has 2 aromatic carbocycles. The van der Waals surface area contributed by atoms with Gasteiger partial charge in [-0.2, -0.15) is 0 Å². The summed E-state index contributed by atoms with van der Waals surface area (Å²) in [5.41, 5.74) is 5.68. The summed E-state index contributed by atoms with van der Waals surface area (Å²) in [5, 5.41) is 10.7. The highest BCUT2D eigenvalue weighted by Gasteiger charge is 2.32. The van der Waals surface area contributed by atoms with E-state index in [9.17, 15) is 14.3 Å². The van der Waals surface area contributed by atoms with E-state index in [0.717, 1.165) is 60.3 Å². The van der Waals surface area contributed by atoms with Crippen molar-refractivity contribution in [2.45, 2.75) is 58.7 Å². The van der Waals surface area contributed by atoms with Crippen LogP contribution in [0.1, 0.15) is 43.4 Å². The zero-order chi connectivity index (χ0) is 27.0. The molecule has 0 amide bonds. The van der Waals surface area contributed by atoms with Crippen LogP contribution in [-0.2, 0) is 17.8 Å². The maximum atomic E-state index is 13.8. The van der Waals surface area contributed by atoms with Gasteiger partial charge in [0, 0.05) is 51.2 Å². The standard InChI is InChI=1S/C30H37FN4O2S/c1-19(2)12-24-18-34(10-11-35(24)30-32-16-28(38-30)22-6-5-7-23(31)15-22)17-21-13-20(3)25-8-9-26(29(36)37)33(4)27(25)14-21/h5-7,13-16,19,24,26H,8-12,17-18H2,1-4H3,(H,36,37)/t24-,26?/m1/s1. The normalized spacial score (nSPS) is 20.2. The molecule has 1 fully saturated rings. The van der Waals surface area contributed by atoms with Crippen LogP contribution < -0.4 is 9.80 Å². The molecule has 0 spiro atoms. The lowest BCUT2D eigenvalue weighted by Gasteiger charge is -2.42. The third-order valence-corrected chi connectivity index (χ3v) is 8.96. The first-order chi connectivity index (χ1) is 18.2. The molecule has 3 aromatic rings. The Morgan fingerprint density at radius 2 is 2.05 bits per heavy atom. The Balaban J connectivity index is 1.33. The van der Waals surface area contributed by atoms with Gasteiger partial charge in [-0.3, -0.25) is 4.90 Å². The molecule has 0 bridgehead atoms. The average molecular weight is 537 g/mol. The van der Waals surface area contributed by atoms with E-state index in [-0.39, 0.29) is 5.82 Å². The Labute approximate surface area is 228 Å². The quantitative estimate of drug-likeness (QED) is 0.410. The highest BCUT2D eigenvalue weighted by atomic mass is 32.1. The van der Waals surface area contributed by atoms with Crippen molar-refractivity contribution < 1.29 is 14.3 Å². The molecule has 202 valence electrons. The van der Waals surface area contributed by atoms with Gasteiger partial charge in [-0.1, -0.05) is 43.4 Å². The van der Waals surface area contributed by atoms with Crippen molar-refractivity contribution in [2.75, 3.05) is 36.5 Å². The summed E-state index contributed by atoms with van der Waals surface area (Å²) < 4.78 is 13.8. The number of aromatic nitrogens is 1. The summed E-state index contributed by atoms with van der Waals surface area (Å²) in [7, 11) is 1.91. The van der Waals surface area contributed by atoms with Crippen molar-refractivity contribution >= 4 is 28.1 Å². The molecule has 1 N–H and O–H groups in total. The maximum absolute atomic E-state index is 13.8. The molecule has 1 aromatic heterocycles. The zero-order valence-corrected chi connectivity index (χ0v) is 23.5. The van der Waals surface area contributed by atoms with E-state index < -0.39 is 12.0 Å². The van der Waals surface area contributed by atoms with Gasteiger partial charge in [0.15, 0.2) is 5.13 Å². The number of aryl methyl sites for hydroxylation is 1. The molecule has 38 heavy (non-hydrogen) atoms. The Morgan fingerprint density at radius 3 is 2.79 bits per heavy atom. The van der Waals surface area contributed by atoms with Crippen molar-refractivity contribution in [3.05, 3.63) is 65.1 Å². The van der Waals surface area contributed by atoms with Crippen LogP contribution in [0.25, 0.3) is 10.4 Å². The number of aliphatic carboxylic acids is 1. The van der Waals surface area contributed by atoms with Gasteiger partial charge in [-0.25, -0.2) is 14.2 Å². The first-order valence-electron chi connectivity index (χ1n) is 13.5. The number of benzene rings is 2. The van der Waals surface area contributed by atoms with Gasteiger partial charge in [-0.15, -0.1) is 0 Å². The number of rotatable bonds is 7. The molecule has 1 unspecified atom stereocenters. The molecule has 5 rings (SSSR count). The van der Waals surface area contributed by atoms with Crippen LogP contribution in [-0.4, -0.2) is 59.7 Å². The van der Waals surface area contributed by atoms with Gasteiger partial charge in [0.1, 0.15) is 11.9 Å². The van der Waals surface area contributed by atoms with Crippen LogP contribution in [0.15, 0.2) is 42.6 Å². The van der Waals surface area contributed by atoms with Crippen molar-refractivity contribution in [3.8, 4) is 10.4 Å². The molecule has 6 nitrogen and oxygen atoms in total. The summed E-state index contributed by atoms with van der Waals surface area (Å²) >= 11 is 1.63. The third kappa shape index (κ3) is 5.57. The number of fused-ring (bicyclic) bond motifs is 1. The number of piperazine rings is 1. The Bertz CT molecular complexity index is 1310. The number of halogens is 1. The topological polar surface area (TPSA) is 59.9 Å². The lowest BCUT2D eigenvalue weighted by Crippen LogP contribution is -2.53. The third-order valence-electron chi connectivity index (χ3n) is 7.87. The van der Waals surface area contributed by atoms with E-state index >= 15 is 0 Å². The summed E-state index contributed by atoms with van der Waals surface area (Å²) in [6, 6.07) is 11.1. The molecule has 2 aliphatic rings. The zero-order valence-electron chi connectivity index (χ0n) is 22.7. The van der Waals surface area contributed by atoms with Crippen LogP contribution in [0.5, 0.6) is 0 Å². The molecular weight excluding hydrogens is 499 g/mol. The fraction of sp³-hybridized carbons (Fsp3) is 0.467. The van der Waals surface area contributed by atoms with Crippen molar-refractivity contribution in [1.29, 1.82) is 0 Å². The molecule has 3 heterocycles. The smallest absolute Gasteiger partial charge is 0.326 e. The van der Waals surface area contributed by atoms with E-state index in [0.29, 0.717) is 18.4 Å². The second-order valence-corrected chi connectivity index (χ2v) is 12.2. The van der Waals surface area contributed by atoms with Crippen LogP contribution >= 0.6 is 11.3 Å². The van der Waals surface area contributed by atoms with Crippen molar-refractivity contribution in [3.63, 3.8) is 0 Å². The number of nitrogens with zero attached hydrogens (tertiary/aromatic N) is 4. The summed E-state index contributed by atoms with van der Waals surface area (Å²) in [4.78, 5) is 24.4.